The molecule has 0 aliphatic rings. The number of amides is 1. The summed E-state index contributed by atoms with van der Waals surface area (Å²) in [5, 5.41) is 11.6. The summed E-state index contributed by atoms with van der Waals surface area (Å²) in [6, 6.07) is 2.98. The van der Waals surface area contributed by atoms with Crippen LogP contribution in [0.15, 0.2) is 34.7 Å². The van der Waals surface area contributed by atoms with Crippen molar-refractivity contribution in [1.82, 2.24) is 15.2 Å². The third-order valence-electron chi connectivity index (χ3n) is 4.58. The first-order valence-electron chi connectivity index (χ1n) is 8.97. The zero-order chi connectivity index (χ0) is 20.1. The molecule has 0 saturated carbocycles. The topological polar surface area (TPSA) is 116 Å². The number of nitrogens with zero attached hydrogens (tertiary/aromatic N) is 3. The molecule has 0 fully saturated rings. The lowest BCUT2D eigenvalue weighted by Crippen LogP contribution is -2.37. The summed E-state index contributed by atoms with van der Waals surface area (Å²) in [6.45, 7) is 4.16. The Labute approximate surface area is 167 Å². The van der Waals surface area contributed by atoms with Crippen LogP contribution in [0.1, 0.15) is 26.7 Å². The fourth-order valence-corrected chi connectivity index (χ4v) is 3.38. The number of oxazole rings is 1. The number of carbonyl (C=O) groups excluding carboxylic acids is 1. The summed E-state index contributed by atoms with van der Waals surface area (Å²) in [6.07, 6.45) is 4.53. The predicted molar refractivity (Wildman–Crippen MR) is 108 cm³/mol. The molecule has 3 rings (SSSR count). The Morgan fingerprint density at radius 3 is 2.82 bits per heavy atom. The molecule has 0 saturated heterocycles. The van der Waals surface area contributed by atoms with E-state index in [1.165, 1.54) is 17.7 Å². The minimum Gasteiger partial charge on any atom is -0.496 e. The number of benzene rings is 1. The van der Waals surface area contributed by atoms with E-state index in [4.69, 9.17) is 14.9 Å². The van der Waals surface area contributed by atoms with Crippen molar-refractivity contribution in [2.75, 3.05) is 12.4 Å². The van der Waals surface area contributed by atoms with Gasteiger partial charge in [-0.1, -0.05) is 31.6 Å². The van der Waals surface area contributed by atoms with Crippen LogP contribution in [0.5, 0.6) is 5.75 Å². The summed E-state index contributed by atoms with van der Waals surface area (Å²) in [4.78, 5) is 16.6. The minimum absolute atomic E-state index is 0.250. The number of anilines is 1. The third-order valence-corrected chi connectivity index (χ3v) is 5.30. The van der Waals surface area contributed by atoms with E-state index in [-0.39, 0.29) is 5.91 Å². The normalized spacial score (nSPS) is 13.1. The van der Waals surface area contributed by atoms with Crippen LogP contribution >= 0.6 is 11.3 Å². The predicted octanol–water partition coefficient (Wildman–Crippen LogP) is 3.57. The average molecular weight is 401 g/mol. The second-order valence-corrected chi connectivity index (χ2v) is 7.39. The van der Waals surface area contributed by atoms with E-state index >= 15 is 0 Å². The van der Waals surface area contributed by atoms with Gasteiger partial charge in [-0.25, -0.2) is 4.98 Å². The van der Waals surface area contributed by atoms with Gasteiger partial charge in [-0.05, 0) is 18.4 Å². The first kappa shape index (κ1) is 20.0. The van der Waals surface area contributed by atoms with Crippen molar-refractivity contribution < 1.29 is 13.9 Å². The molecule has 3 N–H and O–H groups in total. The standard InChI is InChI=1S/C19H23N5O3S/c1-4-11(2)5-14(20)18(25)23-15-7-16(26-3)13(17-8-21-9-27-17)6-12(15)19-24-22-10-28-19/h6-11,14H,4-5,20H2,1-3H3,(H,23,25). The first-order chi connectivity index (χ1) is 13.5. The van der Waals surface area contributed by atoms with E-state index < -0.39 is 6.04 Å². The van der Waals surface area contributed by atoms with Crippen molar-refractivity contribution in [3.8, 4) is 27.6 Å². The highest BCUT2D eigenvalue weighted by molar-refractivity contribution is 7.12. The van der Waals surface area contributed by atoms with Crippen molar-refractivity contribution >= 4 is 22.9 Å². The fourth-order valence-electron chi connectivity index (χ4n) is 2.79. The number of nitrogens with one attached hydrogen (secondary N) is 1. The maximum Gasteiger partial charge on any atom is 0.241 e. The molecule has 2 unspecified atom stereocenters. The number of hydrogen-bond acceptors (Lipinski definition) is 8. The molecular formula is C19H23N5O3S. The lowest BCUT2D eigenvalue weighted by atomic mass is 9.99. The Morgan fingerprint density at radius 2 is 2.21 bits per heavy atom. The number of ether oxygens (including phenoxy) is 1. The molecule has 8 nitrogen and oxygen atoms in total. The molecule has 0 bridgehead atoms. The highest BCUT2D eigenvalue weighted by Gasteiger charge is 2.21. The molecule has 2 aromatic heterocycles. The maximum absolute atomic E-state index is 12.7. The van der Waals surface area contributed by atoms with Crippen molar-refractivity contribution in [3.63, 3.8) is 0 Å². The molecule has 2 atom stereocenters. The summed E-state index contributed by atoms with van der Waals surface area (Å²) >= 11 is 1.37. The molecule has 28 heavy (non-hydrogen) atoms. The van der Waals surface area contributed by atoms with E-state index in [1.807, 2.05) is 6.07 Å². The summed E-state index contributed by atoms with van der Waals surface area (Å²) in [5.74, 6) is 1.21. The van der Waals surface area contributed by atoms with Crippen LogP contribution < -0.4 is 15.8 Å². The first-order valence-corrected chi connectivity index (χ1v) is 9.85. The van der Waals surface area contributed by atoms with Crippen LogP contribution in [0.3, 0.4) is 0 Å². The van der Waals surface area contributed by atoms with Gasteiger partial charge in [0.1, 0.15) is 16.3 Å². The Bertz CT molecular complexity index is 912. The molecule has 0 radical (unpaired) electrons. The van der Waals surface area contributed by atoms with Crippen LogP contribution in [0.2, 0.25) is 0 Å². The number of rotatable bonds is 8. The second kappa shape index (κ2) is 8.94. The fraction of sp³-hybridized carbons (Fsp3) is 0.368. The summed E-state index contributed by atoms with van der Waals surface area (Å²) in [7, 11) is 1.56. The Balaban J connectivity index is 1.99. The van der Waals surface area contributed by atoms with E-state index in [1.54, 1.807) is 24.9 Å². The summed E-state index contributed by atoms with van der Waals surface area (Å²) in [5.41, 5.74) is 9.69. The van der Waals surface area contributed by atoms with Gasteiger partial charge in [0.2, 0.25) is 5.91 Å². The second-order valence-electron chi connectivity index (χ2n) is 6.55. The summed E-state index contributed by atoms with van der Waals surface area (Å²) < 4.78 is 10.9. The average Bonchev–Trinajstić information content (AvgIpc) is 3.41. The molecule has 9 heteroatoms. The van der Waals surface area contributed by atoms with Gasteiger partial charge < -0.3 is 20.2 Å². The molecule has 0 spiro atoms. The van der Waals surface area contributed by atoms with E-state index in [2.05, 4.69) is 34.3 Å². The van der Waals surface area contributed by atoms with Gasteiger partial charge in [0.05, 0.1) is 30.6 Å². The molecule has 1 aromatic carbocycles. The molecule has 3 aromatic rings. The minimum atomic E-state index is -0.600. The van der Waals surface area contributed by atoms with E-state index in [0.717, 1.165) is 6.42 Å². The molecule has 0 aliphatic heterocycles. The van der Waals surface area contributed by atoms with Crippen LogP contribution in [0.25, 0.3) is 21.9 Å². The highest BCUT2D eigenvalue weighted by Crippen LogP contribution is 2.40. The third kappa shape index (κ3) is 4.37. The molecule has 1 amide bonds. The molecule has 2 heterocycles. The van der Waals surface area contributed by atoms with Crippen LogP contribution in [0.4, 0.5) is 5.69 Å². The van der Waals surface area contributed by atoms with Gasteiger partial charge in [-0.15, -0.1) is 10.2 Å². The van der Waals surface area contributed by atoms with Gasteiger partial charge in [0, 0.05) is 11.6 Å². The SMILES string of the molecule is CCC(C)CC(N)C(=O)Nc1cc(OC)c(-c2cnco2)cc1-c1nncs1. The number of aromatic nitrogens is 3. The van der Waals surface area contributed by atoms with Gasteiger partial charge in [-0.3, -0.25) is 4.79 Å². The van der Waals surface area contributed by atoms with Gasteiger partial charge in [-0.2, -0.15) is 0 Å². The number of methoxy groups -OCH3 is 1. The van der Waals surface area contributed by atoms with Gasteiger partial charge >= 0.3 is 0 Å². The maximum atomic E-state index is 12.7. The van der Waals surface area contributed by atoms with Crippen LogP contribution in [-0.2, 0) is 4.79 Å². The lowest BCUT2D eigenvalue weighted by molar-refractivity contribution is -0.117. The molecular weight excluding hydrogens is 378 g/mol. The Morgan fingerprint density at radius 1 is 1.39 bits per heavy atom. The largest absolute Gasteiger partial charge is 0.496 e. The zero-order valence-electron chi connectivity index (χ0n) is 16.0. The van der Waals surface area contributed by atoms with E-state index in [0.29, 0.717) is 45.7 Å². The van der Waals surface area contributed by atoms with Crippen molar-refractivity contribution in [2.45, 2.75) is 32.7 Å². The van der Waals surface area contributed by atoms with Crippen LogP contribution in [-0.4, -0.2) is 34.2 Å². The number of nitrogens with two attached hydrogens (primary N) is 1. The zero-order valence-corrected chi connectivity index (χ0v) is 16.8. The van der Waals surface area contributed by atoms with E-state index in [9.17, 15) is 4.79 Å². The Hall–Kier alpha value is -2.78. The smallest absolute Gasteiger partial charge is 0.241 e. The van der Waals surface area contributed by atoms with Gasteiger partial charge in [0.25, 0.3) is 0 Å². The monoisotopic (exact) mass is 401 g/mol. The molecule has 0 aliphatic carbocycles. The van der Waals surface area contributed by atoms with Crippen LogP contribution in [0, 0.1) is 5.92 Å². The van der Waals surface area contributed by atoms with Crippen molar-refractivity contribution in [3.05, 3.63) is 30.2 Å². The Kier molecular flexibility index (Phi) is 6.37. The number of hydrogen-bond donors (Lipinski definition) is 2. The lowest BCUT2D eigenvalue weighted by Gasteiger charge is -2.18. The highest BCUT2D eigenvalue weighted by atomic mass is 32.1. The van der Waals surface area contributed by atoms with Gasteiger partial charge in [0.15, 0.2) is 12.2 Å². The van der Waals surface area contributed by atoms with Crippen molar-refractivity contribution in [2.24, 2.45) is 11.7 Å². The number of carbonyl (C=O) groups is 1. The quantitative estimate of drug-likeness (QED) is 0.592. The molecule has 148 valence electrons. The van der Waals surface area contributed by atoms with Crippen molar-refractivity contribution in [1.29, 1.82) is 0 Å².